The molecule has 0 spiro atoms. The Bertz CT molecular complexity index is 989. The lowest BCUT2D eigenvalue weighted by Gasteiger charge is -2.24. The molecule has 1 aromatic carbocycles. The third kappa shape index (κ3) is 4.43. The molecule has 0 saturated heterocycles. The number of hydrogen-bond donors (Lipinski definition) is 1. The van der Waals surface area contributed by atoms with E-state index in [0.29, 0.717) is 23.9 Å². The Morgan fingerprint density at radius 2 is 1.90 bits per heavy atom. The summed E-state index contributed by atoms with van der Waals surface area (Å²) in [6.45, 7) is 7.26. The Labute approximate surface area is 189 Å². The van der Waals surface area contributed by atoms with Crippen molar-refractivity contribution in [2.45, 2.75) is 51.5 Å². The largest absolute Gasteiger partial charge is 0.378 e. The van der Waals surface area contributed by atoms with E-state index in [9.17, 15) is 4.79 Å². The molecule has 0 amide bonds. The average Bonchev–Trinajstić information content (AvgIpc) is 3.47. The Morgan fingerprint density at radius 3 is 2.50 bits per heavy atom. The van der Waals surface area contributed by atoms with Gasteiger partial charge >= 0.3 is 0 Å². The molecule has 0 atom stereocenters. The number of aromatic nitrogens is 1. The smallest absolute Gasteiger partial charge is 0.182 e. The summed E-state index contributed by atoms with van der Waals surface area (Å²) in [6.07, 6.45) is 2.39. The van der Waals surface area contributed by atoms with Crippen molar-refractivity contribution >= 4 is 34.3 Å². The van der Waals surface area contributed by atoms with E-state index in [2.05, 4.69) is 39.0 Å². The van der Waals surface area contributed by atoms with Crippen LogP contribution in [0.5, 0.6) is 0 Å². The van der Waals surface area contributed by atoms with Crippen molar-refractivity contribution in [2.75, 3.05) is 25.5 Å². The van der Waals surface area contributed by atoms with E-state index in [1.807, 2.05) is 36.0 Å². The van der Waals surface area contributed by atoms with Gasteiger partial charge in [0.05, 0.1) is 6.54 Å². The number of hydrogen-bond acceptors (Lipinski definition) is 4. The first-order valence-electron chi connectivity index (χ1n) is 10.3. The highest BCUT2D eigenvalue weighted by atomic mass is 79.9. The van der Waals surface area contributed by atoms with E-state index in [1.54, 1.807) is 0 Å². The molecule has 0 unspecified atom stereocenters. The van der Waals surface area contributed by atoms with Gasteiger partial charge in [0.15, 0.2) is 5.78 Å². The minimum Gasteiger partial charge on any atom is -0.378 e. The third-order valence-electron chi connectivity index (χ3n) is 5.85. The van der Waals surface area contributed by atoms with Gasteiger partial charge in [-0.1, -0.05) is 26.8 Å². The molecule has 30 heavy (non-hydrogen) atoms. The maximum absolute atomic E-state index is 13.2. The highest BCUT2D eigenvalue weighted by Crippen LogP contribution is 2.39. The highest BCUT2D eigenvalue weighted by Gasteiger charge is 2.31. The normalized spacial score (nSPS) is 15.6. The van der Waals surface area contributed by atoms with Gasteiger partial charge in [-0.3, -0.25) is 10.2 Å². The van der Waals surface area contributed by atoms with Crippen molar-refractivity contribution in [3.05, 3.63) is 58.4 Å². The lowest BCUT2D eigenvalue weighted by Crippen LogP contribution is -2.30. The Balaban J connectivity index is 0.00000256. The molecule has 1 fully saturated rings. The minimum atomic E-state index is -0.0409. The summed E-state index contributed by atoms with van der Waals surface area (Å²) >= 11 is 0. The first-order chi connectivity index (χ1) is 13.6. The van der Waals surface area contributed by atoms with Crippen molar-refractivity contribution in [3.8, 4) is 0 Å². The summed E-state index contributed by atoms with van der Waals surface area (Å²) < 4.78 is 0. The summed E-state index contributed by atoms with van der Waals surface area (Å²) in [5.41, 5.74) is 5.72. The summed E-state index contributed by atoms with van der Waals surface area (Å²) in [6, 6.07) is 10.3. The maximum Gasteiger partial charge on any atom is 0.182 e. The van der Waals surface area contributed by atoms with Crippen LogP contribution < -0.4 is 4.90 Å². The molecule has 6 heteroatoms. The molecule has 1 aliphatic carbocycles. The SMILES string of the molecule is Br.CN(C)c1cc(C(=O)CN2Cc3ccc(C4CC4)nc3C2=N)cc(C(C)(C)C)c1. The van der Waals surface area contributed by atoms with Gasteiger partial charge in [-0.05, 0) is 48.1 Å². The molecule has 2 aliphatic rings. The predicted molar refractivity (Wildman–Crippen MR) is 128 cm³/mol. The number of carbonyl (C=O) groups is 1. The second-order valence-corrected chi connectivity index (χ2v) is 9.56. The number of anilines is 1. The van der Waals surface area contributed by atoms with Crippen LogP contribution in [-0.2, 0) is 12.0 Å². The number of ketones is 1. The van der Waals surface area contributed by atoms with Gasteiger partial charge in [-0.15, -0.1) is 17.0 Å². The number of rotatable bonds is 5. The number of pyridine rings is 1. The molecule has 1 aliphatic heterocycles. The van der Waals surface area contributed by atoms with E-state index in [-0.39, 0.29) is 34.7 Å². The first-order valence-corrected chi connectivity index (χ1v) is 10.3. The molecule has 1 aromatic heterocycles. The topological polar surface area (TPSA) is 60.3 Å². The van der Waals surface area contributed by atoms with Gasteiger partial charge < -0.3 is 9.80 Å². The standard InChI is InChI=1S/C24H30N4O.BrH/c1-24(2,3)18-10-17(11-19(12-18)27(4)5)21(29)14-28-13-16-8-9-20(15-6-7-15)26-22(16)23(28)25;/h8-12,15,25H,6-7,13-14H2,1-5H3;1H. The zero-order valence-corrected chi connectivity index (χ0v) is 20.2. The number of carbonyl (C=O) groups excluding carboxylic acids is 1. The molecule has 2 aromatic rings. The Hall–Kier alpha value is -2.21. The summed E-state index contributed by atoms with van der Waals surface area (Å²) in [5.74, 6) is 0.975. The third-order valence-corrected chi connectivity index (χ3v) is 5.85. The molecule has 0 bridgehead atoms. The van der Waals surface area contributed by atoms with E-state index in [4.69, 9.17) is 10.4 Å². The van der Waals surface area contributed by atoms with Gasteiger partial charge in [0, 0.05) is 49.1 Å². The minimum absolute atomic E-state index is 0. The molecule has 5 nitrogen and oxygen atoms in total. The molecule has 1 N–H and O–H groups in total. The molecule has 0 radical (unpaired) electrons. The maximum atomic E-state index is 13.2. The lowest BCUT2D eigenvalue weighted by molar-refractivity contribution is 0.0962. The first kappa shape index (κ1) is 22.5. The van der Waals surface area contributed by atoms with Crippen LogP contribution in [0.3, 0.4) is 0 Å². The van der Waals surface area contributed by atoms with Gasteiger partial charge in [0.1, 0.15) is 11.5 Å². The molecule has 2 heterocycles. The van der Waals surface area contributed by atoms with Crippen LogP contribution in [0.1, 0.15) is 72.4 Å². The van der Waals surface area contributed by atoms with Gasteiger partial charge in [0.2, 0.25) is 0 Å². The zero-order chi connectivity index (χ0) is 20.9. The van der Waals surface area contributed by atoms with Crippen LogP contribution in [0, 0.1) is 5.41 Å². The van der Waals surface area contributed by atoms with Crippen molar-refractivity contribution in [3.63, 3.8) is 0 Å². The summed E-state index contributed by atoms with van der Waals surface area (Å²) in [4.78, 5) is 21.8. The number of fused-ring (bicyclic) bond motifs is 1. The van der Waals surface area contributed by atoms with Crippen molar-refractivity contribution in [1.82, 2.24) is 9.88 Å². The second-order valence-electron chi connectivity index (χ2n) is 9.56. The summed E-state index contributed by atoms with van der Waals surface area (Å²) in [7, 11) is 3.98. The monoisotopic (exact) mass is 470 g/mol. The van der Waals surface area contributed by atoms with Crippen LogP contribution in [0.25, 0.3) is 0 Å². The van der Waals surface area contributed by atoms with E-state index >= 15 is 0 Å². The fourth-order valence-corrected chi connectivity index (χ4v) is 3.74. The van der Waals surface area contributed by atoms with Gasteiger partial charge in [0.25, 0.3) is 0 Å². The molecule has 1 saturated carbocycles. The predicted octanol–water partition coefficient (Wildman–Crippen LogP) is 4.92. The van der Waals surface area contributed by atoms with E-state index in [0.717, 1.165) is 28.2 Å². The molecular weight excluding hydrogens is 440 g/mol. The van der Waals surface area contributed by atoms with Crippen molar-refractivity contribution in [1.29, 1.82) is 5.41 Å². The van der Waals surface area contributed by atoms with Crippen LogP contribution >= 0.6 is 17.0 Å². The number of halogens is 1. The number of nitrogens with one attached hydrogen (secondary N) is 1. The number of Topliss-reactive ketones (excluding diaryl/α,β-unsaturated/α-hetero) is 1. The fraction of sp³-hybridized carbons (Fsp3) is 0.458. The van der Waals surface area contributed by atoms with Crippen LogP contribution in [0.4, 0.5) is 5.69 Å². The highest BCUT2D eigenvalue weighted by molar-refractivity contribution is 8.93. The van der Waals surface area contributed by atoms with Crippen molar-refractivity contribution < 1.29 is 4.79 Å². The second kappa shape index (κ2) is 8.14. The van der Waals surface area contributed by atoms with Crippen LogP contribution in [0.2, 0.25) is 0 Å². The summed E-state index contributed by atoms with van der Waals surface area (Å²) in [5, 5.41) is 8.56. The van der Waals surface area contributed by atoms with Crippen LogP contribution in [-0.4, -0.2) is 42.1 Å². The fourth-order valence-electron chi connectivity index (χ4n) is 3.74. The lowest BCUT2D eigenvalue weighted by atomic mass is 9.85. The van der Waals surface area contributed by atoms with E-state index < -0.39 is 0 Å². The zero-order valence-electron chi connectivity index (χ0n) is 18.5. The average molecular weight is 471 g/mol. The number of benzene rings is 1. The quantitative estimate of drug-likeness (QED) is 0.629. The van der Waals surface area contributed by atoms with Gasteiger partial charge in [-0.25, -0.2) is 4.98 Å². The molecular formula is C24H31BrN4O. The molecule has 160 valence electrons. The Morgan fingerprint density at radius 1 is 1.20 bits per heavy atom. The molecule has 4 rings (SSSR count). The van der Waals surface area contributed by atoms with E-state index in [1.165, 1.54) is 12.8 Å². The van der Waals surface area contributed by atoms with Crippen molar-refractivity contribution in [2.24, 2.45) is 0 Å². The number of amidine groups is 1. The van der Waals surface area contributed by atoms with Crippen LogP contribution in [0.15, 0.2) is 30.3 Å². The Kier molecular flexibility index (Phi) is 6.10. The van der Waals surface area contributed by atoms with Gasteiger partial charge in [-0.2, -0.15) is 0 Å². The number of nitrogens with zero attached hydrogens (tertiary/aromatic N) is 3.